The molecule has 0 spiro atoms. The SMILES string of the molecule is COCCN1C(=O)C(O)=C(C(=O)c2cc3ccccc3o2)[C@H]1c1cccc([N+](=O)[O-])c1. The van der Waals surface area contributed by atoms with Gasteiger partial charge in [0.1, 0.15) is 5.58 Å². The first kappa shape index (κ1) is 20.3. The fraction of sp³-hybridized carbons (Fsp3) is 0.182. The van der Waals surface area contributed by atoms with Gasteiger partial charge in [0.25, 0.3) is 11.6 Å². The van der Waals surface area contributed by atoms with Crippen molar-refractivity contribution in [3.63, 3.8) is 0 Å². The van der Waals surface area contributed by atoms with Crippen molar-refractivity contribution in [2.24, 2.45) is 0 Å². The van der Waals surface area contributed by atoms with Crippen LogP contribution in [-0.2, 0) is 9.53 Å². The monoisotopic (exact) mass is 422 g/mol. The molecule has 2 aromatic carbocycles. The maximum absolute atomic E-state index is 13.3. The van der Waals surface area contributed by atoms with Gasteiger partial charge in [-0.15, -0.1) is 0 Å². The third-order valence-corrected chi connectivity index (χ3v) is 5.13. The lowest BCUT2D eigenvalue weighted by Crippen LogP contribution is -2.34. The van der Waals surface area contributed by atoms with Crippen molar-refractivity contribution >= 4 is 28.3 Å². The molecule has 0 bridgehead atoms. The van der Waals surface area contributed by atoms with Crippen molar-refractivity contribution in [1.29, 1.82) is 0 Å². The highest BCUT2D eigenvalue weighted by molar-refractivity contribution is 6.16. The number of ether oxygens (including phenoxy) is 1. The number of aliphatic hydroxyl groups is 1. The quantitative estimate of drug-likeness (QED) is 0.351. The number of carbonyl (C=O) groups is 2. The molecule has 4 rings (SSSR count). The zero-order chi connectivity index (χ0) is 22.1. The summed E-state index contributed by atoms with van der Waals surface area (Å²) in [5.41, 5.74) is 0.416. The number of non-ortho nitro benzene ring substituents is 1. The first-order valence-electron chi connectivity index (χ1n) is 9.43. The Labute approximate surface area is 176 Å². The fourth-order valence-electron chi connectivity index (χ4n) is 3.69. The Hall–Kier alpha value is -3.98. The number of nitro groups is 1. The Kier molecular flexibility index (Phi) is 5.26. The number of rotatable bonds is 7. The normalized spacial score (nSPS) is 16.4. The molecular weight excluding hydrogens is 404 g/mol. The van der Waals surface area contributed by atoms with E-state index in [1.807, 2.05) is 0 Å². The molecule has 158 valence electrons. The van der Waals surface area contributed by atoms with Gasteiger partial charge in [0, 0.05) is 31.2 Å². The van der Waals surface area contributed by atoms with Crippen molar-refractivity contribution in [1.82, 2.24) is 4.90 Å². The fourth-order valence-corrected chi connectivity index (χ4v) is 3.69. The molecule has 9 nitrogen and oxygen atoms in total. The molecule has 1 aromatic heterocycles. The molecule has 0 radical (unpaired) electrons. The van der Waals surface area contributed by atoms with E-state index in [0.717, 1.165) is 0 Å². The average Bonchev–Trinajstić information content (AvgIpc) is 3.31. The van der Waals surface area contributed by atoms with E-state index in [1.165, 1.54) is 36.3 Å². The van der Waals surface area contributed by atoms with Crippen molar-refractivity contribution in [2.75, 3.05) is 20.3 Å². The second-order valence-electron chi connectivity index (χ2n) is 6.99. The summed E-state index contributed by atoms with van der Waals surface area (Å²) in [5.74, 6) is -2.18. The number of hydrogen-bond acceptors (Lipinski definition) is 7. The van der Waals surface area contributed by atoms with Gasteiger partial charge in [-0.25, -0.2) is 0 Å². The predicted octanol–water partition coefficient (Wildman–Crippen LogP) is 3.57. The number of nitrogens with zero attached hydrogens (tertiary/aromatic N) is 2. The molecular formula is C22H18N2O7. The zero-order valence-corrected chi connectivity index (χ0v) is 16.5. The molecule has 1 aliphatic heterocycles. The van der Waals surface area contributed by atoms with Crippen LogP contribution in [0.25, 0.3) is 11.0 Å². The van der Waals surface area contributed by atoms with Gasteiger partial charge in [-0.2, -0.15) is 0 Å². The minimum absolute atomic E-state index is 0.0421. The highest BCUT2D eigenvalue weighted by atomic mass is 16.6. The number of para-hydroxylation sites is 1. The number of benzene rings is 2. The summed E-state index contributed by atoms with van der Waals surface area (Å²) in [6, 6.07) is 13.1. The van der Waals surface area contributed by atoms with E-state index in [4.69, 9.17) is 9.15 Å². The third kappa shape index (κ3) is 3.55. The molecule has 0 saturated carbocycles. The average molecular weight is 422 g/mol. The number of hydrogen-bond donors (Lipinski definition) is 1. The van der Waals surface area contributed by atoms with E-state index in [-0.39, 0.29) is 30.2 Å². The van der Waals surface area contributed by atoms with Crippen LogP contribution in [0.3, 0.4) is 0 Å². The lowest BCUT2D eigenvalue weighted by Gasteiger charge is -2.26. The minimum atomic E-state index is -1.02. The number of Topliss-reactive ketones (excluding diaryl/α,β-unsaturated/α-hetero) is 1. The molecule has 9 heteroatoms. The molecule has 31 heavy (non-hydrogen) atoms. The number of amides is 1. The van der Waals surface area contributed by atoms with Crippen molar-refractivity contribution in [3.05, 3.63) is 87.4 Å². The van der Waals surface area contributed by atoms with Crippen molar-refractivity contribution in [3.8, 4) is 0 Å². The van der Waals surface area contributed by atoms with Crippen molar-refractivity contribution < 1.29 is 28.8 Å². The van der Waals surface area contributed by atoms with E-state index < -0.39 is 28.4 Å². The van der Waals surface area contributed by atoms with Crippen LogP contribution in [0.15, 0.2) is 70.3 Å². The number of aliphatic hydroxyl groups excluding tert-OH is 1. The number of carbonyl (C=O) groups excluding carboxylic acids is 2. The van der Waals surface area contributed by atoms with Crippen LogP contribution in [0.4, 0.5) is 5.69 Å². The van der Waals surface area contributed by atoms with E-state index in [1.54, 1.807) is 30.3 Å². The van der Waals surface area contributed by atoms with Gasteiger partial charge in [0.05, 0.1) is 23.1 Å². The summed E-state index contributed by atoms with van der Waals surface area (Å²) < 4.78 is 10.7. The summed E-state index contributed by atoms with van der Waals surface area (Å²) in [7, 11) is 1.46. The van der Waals surface area contributed by atoms with Gasteiger partial charge >= 0.3 is 0 Å². The Morgan fingerprint density at radius 3 is 2.71 bits per heavy atom. The molecule has 2 heterocycles. The molecule has 0 saturated heterocycles. The predicted molar refractivity (Wildman–Crippen MR) is 110 cm³/mol. The van der Waals surface area contributed by atoms with Crippen molar-refractivity contribution in [2.45, 2.75) is 6.04 Å². The number of methoxy groups -OCH3 is 1. The van der Waals surface area contributed by atoms with E-state index in [2.05, 4.69) is 0 Å². The topological polar surface area (TPSA) is 123 Å². The van der Waals surface area contributed by atoms with Crippen LogP contribution in [0.2, 0.25) is 0 Å². The van der Waals surface area contributed by atoms with Gasteiger partial charge in [-0.3, -0.25) is 19.7 Å². The highest BCUT2D eigenvalue weighted by Gasteiger charge is 2.44. The molecule has 1 aliphatic rings. The number of ketones is 1. The summed E-state index contributed by atoms with van der Waals surface area (Å²) in [6.45, 7) is 0.222. The summed E-state index contributed by atoms with van der Waals surface area (Å²) in [4.78, 5) is 38.1. The van der Waals surface area contributed by atoms with Gasteiger partial charge < -0.3 is 19.2 Å². The Bertz CT molecular complexity index is 1190. The van der Waals surface area contributed by atoms with Gasteiger partial charge in [-0.1, -0.05) is 30.3 Å². The van der Waals surface area contributed by atoms with Crippen LogP contribution in [0.5, 0.6) is 0 Å². The molecule has 0 unspecified atom stereocenters. The van der Waals surface area contributed by atoms with Crippen LogP contribution in [-0.4, -0.2) is 46.9 Å². The summed E-state index contributed by atoms with van der Waals surface area (Å²) >= 11 is 0. The first-order valence-corrected chi connectivity index (χ1v) is 9.43. The minimum Gasteiger partial charge on any atom is -0.503 e. The molecule has 0 fully saturated rings. The summed E-state index contributed by atoms with van der Waals surface area (Å²) in [5, 5.41) is 22.5. The van der Waals surface area contributed by atoms with Crippen LogP contribution in [0, 0.1) is 10.1 Å². The number of nitro benzene ring substituents is 1. The Balaban J connectivity index is 1.82. The lowest BCUT2D eigenvalue weighted by molar-refractivity contribution is -0.384. The third-order valence-electron chi connectivity index (χ3n) is 5.13. The first-order chi connectivity index (χ1) is 14.9. The largest absolute Gasteiger partial charge is 0.503 e. The summed E-state index contributed by atoms with van der Waals surface area (Å²) in [6.07, 6.45) is 0. The molecule has 1 amide bonds. The van der Waals surface area contributed by atoms with Crippen LogP contribution in [0.1, 0.15) is 22.2 Å². The molecule has 1 N–H and O–H groups in total. The van der Waals surface area contributed by atoms with Gasteiger partial charge in [0.2, 0.25) is 5.78 Å². The zero-order valence-electron chi connectivity index (χ0n) is 16.5. The molecule has 3 aromatic rings. The van der Waals surface area contributed by atoms with Gasteiger partial charge in [-0.05, 0) is 17.7 Å². The van der Waals surface area contributed by atoms with E-state index in [0.29, 0.717) is 16.5 Å². The maximum Gasteiger partial charge on any atom is 0.290 e. The second-order valence-corrected chi connectivity index (χ2v) is 6.99. The Morgan fingerprint density at radius 1 is 1.23 bits per heavy atom. The van der Waals surface area contributed by atoms with Crippen LogP contribution < -0.4 is 0 Å². The highest BCUT2D eigenvalue weighted by Crippen LogP contribution is 2.40. The number of furan rings is 1. The second kappa shape index (κ2) is 8.04. The smallest absolute Gasteiger partial charge is 0.290 e. The van der Waals surface area contributed by atoms with Crippen LogP contribution >= 0.6 is 0 Å². The van der Waals surface area contributed by atoms with E-state index in [9.17, 15) is 24.8 Å². The number of fused-ring (bicyclic) bond motifs is 1. The lowest BCUT2D eigenvalue weighted by atomic mass is 9.94. The maximum atomic E-state index is 13.3. The standard InChI is InChI=1S/C22H18N2O7/c1-30-10-9-23-19(14-6-4-7-15(11-14)24(28)29)18(21(26)22(23)27)20(25)17-12-13-5-2-3-8-16(13)31-17/h2-8,11-12,19,26H,9-10H2,1H3/t19-/m1/s1. The Morgan fingerprint density at radius 2 is 2.00 bits per heavy atom. The van der Waals surface area contributed by atoms with Gasteiger partial charge in [0.15, 0.2) is 11.5 Å². The van der Waals surface area contributed by atoms with E-state index >= 15 is 0 Å². The molecule has 1 atom stereocenters. The molecule has 0 aliphatic carbocycles.